The summed E-state index contributed by atoms with van der Waals surface area (Å²) < 4.78 is 14.5. The predicted octanol–water partition coefficient (Wildman–Crippen LogP) is 4.96. The first-order valence-corrected chi connectivity index (χ1v) is 10.4. The maximum absolute atomic E-state index is 14.5. The number of nitrogens with zero attached hydrogens (tertiary/aromatic N) is 2. The molecular formula is C23H18Cl2FN3O2. The third-order valence-corrected chi connectivity index (χ3v) is 5.97. The lowest BCUT2D eigenvalue weighted by Gasteiger charge is -2.30. The van der Waals surface area contributed by atoms with Crippen molar-refractivity contribution in [3.8, 4) is 0 Å². The first kappa shape index (κ1) is 21.3. The molecule has 0 fully saturated rings. The first-order chi connectivity index (χ1) is 14.9. The van der Waals surface area contributed by atoms with E-state index in [-0.39, 0.29) is 22.3 Å². The Labute approximate surface area is 188 Å². The second-order valence-corrected chi connectivity index (χ2v) is 8.14. The van der Waals surface area contributed by atoms with Gasteiger partial charge in [0, 0.05) is 23.3 Å². The number of primary amides is 1. The molecule has 0 radical (unpaired) electrons. The number of amides is 2. The van der Waals surface area contributed by atoms with E-state index in [4.69, 9.17) is 28.9 Å². The largest absolute Gasteiger partial charge is 0.366 e. The number of benzene rings is 2. The average Bonchev–Trinajstić information content (AvgIpc) is 3.16. The minimum atomic E-state index is -0.597. The molecule has 8 heteroatoms. The highest BCUT2D eigenvalue weighted by Crippen LogP contribution is 2.40. The number of fused-ring (bicyclic) bond motifs is 1. The molecule has 1 aliphatic carbocycles. The van der Waals surface area contributed by atoms with E-state index in [2.05, 4.69) is 4.98 Å². The predicted molar refractivity (Wildman–Crippen MR) is 117 cm³/mol. The van der Waals surface area contributed by atoms with Crippen LogP contribution in [-0.2, 0) is 13.0 Å². The van der Waals surface area contributed by atoms with Gasteiger partial charge in [0.05, 0.1) is 11.1 Å². The molecule has 3 aromatic rings. The number of carbonyl (C=O) groups is 2. The van der Waals surface area contributed by atoms with Crippen LogP contribution in [0.2, 0.25) is 10.0 Å². The summed E-state index contributed by atoms with van der Waals surface area (Å²) in [4.78, 5) is 31.2. The Balaban J connectivity index is 1.81. The second-order valence-electron chi connectivity index (χ2n) is 7.30. The average molecular weight is 458 g/mol. The van der Waals surface area contributed by atoms with E-state index in [1.54, 1.807) is 47.4 Å². The van der Waals surface area contributed by atoms with Crippen LogP contribution in [0, 0.1) is 5.82 Å². The molecule has 1 aliphatic rings. The van der Waals surface area contributed by atoms with Crippen LogP contribution in [0.1, 0.15) is 50.0 Å². The number of aromatic nitrogens is 1. The number of hydrogen-bond donors (Lipinski definition) is 1. The normalized spacial score (nSPS) is 14.9. The zero-order valence-electron chi connectivity index (χ0n) is 16.3. The zero-order valence-corrected chi connectivity index (χ0v) is 17.8. The molecule has 0 saturated carbocycles. The van der Waals surface area contributed by atoms with Crippen molar-refractivity contribution in [1.82, 2.24) is 9.88 Å². The number of pyridine rings is 1. The van der Waals surface area contributed by atoms with Crippen molar-refractivity contribution >= 4 is 35.0 Å². The summed E-state index contributed by atoms with van der Waals surface area (Å²) in [7, 11) is 0. The van der Waals surface area contributed by atoms with Crippen LogP contribution in [0.4, 0.5) is 4.39 Å². The van der Waals surface area contributed by atoms with Gasteiger partial charge in [0.1, 0.15) is 11.5 Å². The molecule has 0 aliphatic heterocycles. The molecule has 0 bridgehead atoms. The Hall–Kier alpha value is -2.96. The molecule has 0 unspecified atom stereocenters. The van der Waals surface area contributed by atoms with Crippen LogP contribution >= 0.6 is 23.2 Å². The Bertz CT molecular complexity index is 1190. The third-order valence-electron chi connectivity index (χ3n) is 5.44. The molecule has 31 heavy (non-hydrogen) atoms. The van der Waals surface area contributed by atoms with E-state index in [1.165, 1.54) is 12.3 Å². The van der Waals surface area contributed by atoms with Crippen LogP contribution < -0.4 is 5.73 Å². The summed E-state index contributed by atoms with van der Waals surface area (Å²) in [6.45, 7) is 0.0725. The first-order valence-electron chi connectivity index (χ1n) is 9.64. The van der Waals surface area contributed by atoms with Gasteiger partial charge in [-0.1, -0.05) is 41.4 Å². The molecule has 5 nitrogen and oxygen atoms in total. The summed E-state index contributed by atoms with van der Waals surface area (Å²) >= 11 is 12.3. The minimum Gasteiger partial charge on any atom is -0.366 e. The number of nitrogens with two attached hydrogens (primary N) is 1. The Morgan fingerprint density at radius 1 is 1.16 bits per heavy atom. The van der Waals surface area contributed by atoms with Crippen molar-refractivity contribution in [2.75, 3.05) is 0 Å². The fourth-order valence-corrected chi connectivity index (χ4v) is 4.45. The molecule has 1 atom stereocenters. The van der Waals surface area contributed by atoms with Gasteiger partial charge < -0.3 is 10.6 Å². The van der Waals surface area contributed by atoms with Gasteiger partial charge in [0.2, 0.25) is 5.91 Å². The molecule has 0 saturated heterocycles. The van der Waals surface area contributed by atoms with Crippen LogP contribution in [0.25, 0.3) is 0 Å². The van der Waals surface area contributed by atoms with Gasteiger partial charge in [-0.25, -0.2) is 9.37 Å². The molecule has 2 N–H and O–H groups in total. The van der Waals surface area contributed by atoms with E-state index in [0.717, 1.165) is 0 Å². The van der Waals surface area contributed by atoms with Crippen molar-refractivity contribution in [2.45, 2.75) is 25.4 Å². The lowest BCUT2D eigenvalue weighted by atomic mass is 10.0. The lowest BCUT2D eigenvalue weighted by Crippen LogP contribution is -2.35. The van der Waals surface area contributed by atoms with E-state index in [1.807, 2.05) is 0 Å². The summed E-state index contributed by atoms with van der Waals surface area (Å²) in [6, 6.07) is 12.5. The van der Waals surface area contributed by atoms with Crippen LogP contribution in [0.5, 0.6) is 0 Å². The topological polar surface area (TPSA) is 76.3 Å². The van der Waals surface area contributed by atoms with Crippen molar-refractivity contribution in [3.05, 3.63) is 98.5 Å². The summed E-state index contributed by atoms with van der Waals surface area (Å²) in [5.41, 5.74) is 7.66. The van der Waals surface area contributed by atoms with Crippen molar-refractivity contribution < 1.29 is 14.0 Å². The SMILES string of the molecule is NC(=O)c1ccccc1CN(C(=O)c1ncccc1Cl)[C@@H]1CCc2c(F)cc(Cl)cc21. The van der Waals surface area contributed by atoms with Crippen molar-refractivity contribution in [3.63, 3.8) is 0 Å². The minimum absolute atomic E-state index is 0.0725. The van der Waals surface area contributed by atoms with E-state index >= 15 is 0 Å². The van der Waals surface area contributed by atoms with Crippen molar-refractivity contribution in [2.24, 2.45) is 5.73 Å². The number of rotatable bonds is 5. The lowest BCUT2D eigenvalue weighted by molar-refractivity contribution is 0.0650. The van der Waals surface area contributed by atoms with E-state index in [9.17, 15) is 14.0 Å². The molecule has 1 aromatic heterocycles. The zero-order chi connectivity index (χ0) is 22.1. The molecule has 0 spiro atoms. The van der Waals surface area contributed by atoms with Gasteiger partial charge in [-0.3, -0.25) is 9.59 Å². The molecule has 2 aromatic carbocycles. The number of halogens is 3. The van der Waals surface area contributed by atoms with Gasteiger partial charge in [0.15, 0.2) is 0 Å². The summed E-state index contributed by atoms with van der Waals surface area (Å²) in [5.74, 6) is -1.42. The number of hydrogen-bond acceptors (Lipinski definition) is 3. The van der Waals surface area contributed by atoms with Gasteiger partial charge in [-0.2, -0.15) is 0 Å². The highest BCUT2D eigenvalue weighted by Gasteiger charge is 2.35. The molecule has 1 heterocycles. The molecule has 158 valence electrons. The van der Waals surface area contributed by atoms with Crippen LogP contribution in [0.3, 0.4) is 0 Å². The Kier molecular flexibility index (Phi) is 5.94. The fourth-order valence-electron chi connectivity index (χ4n) is 4.03. The monoisotopic (exact) mass is 457 g/mol. The number of carbonyl (C=O) groups excluding carboxylic acids is 2. The highest BCUT2D eigenvalue weighted by atomic mass is 35.5. The Morgan fingerprint density at radius 3 is 2.68 bits per heavy atom. The van der Waals surface area contributed by atoms with Crippen LogP contribution in [-0.4, -0.2) is 21.7 Å². The summed E-state index contributed by atoms with van der Waals surface area (Å²) in [6.07, 6.45) is 2.44. The third kappa shape index (κ3) is 4.13. The van der Waals surface area contributed by atoms with Crippen LogP contribution in [0.15, 0.2) is 54.7 Å². The summed E-state index contributed by atoms with van der Waals surface area (Å²) in [5, 5.41) is 0.458. The fraction of sp³-hybridized carbons (Fsp3) is 0.174. The highest BCUT2D eigenvalue weighted by molar-refractivity contribution is 6.33. The molecule has 2 amide bonds. The van der Waals surface area contributed by atoms with Gasteiger partial charge >= 0.3 is 0 Å². The van der Waals surface area contributed by atoms with E-state index < -0.39 is 23.7 Å². The maximum Gasteiger partial charge on any atom is 0.274 e. The molecule has 4 rings (SSSR count). The van der Waals surface area contributed by atoms with E-state index in [0.29, 0.717) is 35.1 Å². The quantitative estimate of drug-likeness (QED) is 0.588. The second kappa shape index (κ2) is 8.65. The van der Waals surface area contributed by atoms with Gasteiger partial charge in [-0.15, -0.1) is 0 Å². The van der Waals surface area contributed by atoms with Gasteiger partial charge in [-0.05, 0) is 59.9 Å². The van der Waals surface area contributed by atoms with Crippen molar-refractivity contribution in [1.29, 1.82) is 0 Å². The smallest absolute Gasteiger partial charge is 0.274 e. The Morgan fingerprint density at radius 2 is 1.94 bits per heavy atom. The molecular weight excluding hydrogens is 440 g/mol. The standard InChI is InChI=1S/C23H18Cl2FN3O2/c24-14-10-17-16(19(26)11-14)7-8-20(17)29(23(31)21-18(25)6-3-9-28-21)12-13-4-1-2-5-15(13)22(27)30/h1-6,9-11,20H,7-8,12H2,(H2,27,30)/t20-/m1/s1. The maximum atomic E-state index is 14.5. The van der Waals surface area contributed by atoms with Gasteiger partial charge in [0.25, 0.3) is 5.91 Å².